The molecule has 0 aliphatic rings. The summed E-state index contributed by atoms with van der Waals surface area (Å²) >= 11 is -1.26. The normalized spacial score (nSPS) is 12.1. The summed E-state index contributed by atoms with van der Waals surface area (Å²) in [6.07, 6.45) is 9.53. The summed E-state index contributed by atoms with van der Waals surface area (Å²) in [5.41, 5.74) is 4.14. The van der Waals surface area contributed by atoms with Crippen LogP contribution in [0.1, 0.15) is 64.0 Å². The van der Waals surface area contributed by atoms with Crippen LogP contribution >= 0.6 is 0 Å². The van der Waals surface area contributed by atoms with Crippen molar-refractivity contribution >= 4 is 25.3 Å². The van der Waals surface area contributed by atoms with Crippen LogP contribution in [0.2, 0.25) is 13.3 Å². The van der Waals surface area contributed by atoms with Gasteiger partial charge in [-0.3, -0.25) is 0 Å². The zero-order chi connectivity index (χ0) is 19.3. The molecule has 1 unspecified atom stereocenters. The van der Waals surface area contributed by atoms with Crippen LogP contribution in [0.25, 0.3) is 5.57 Å². The Morgan fingerprint density at radius 3 is 1.67 bits per heavy atom. The zero-order valence-corrected chi connectivity index (χ0v) is 20.4. The third-order valence-corrected chi connectivity index (χ3v) is 14.6. The zero-order valence-electron chi connectivity index (χ0n) is 17.6. The van der Waals surface area contributed by atoms with Crippen molar-refractivity contribution in [3.05, 3.63) is 77.9 Å². The van der Waals surface area contributed by atoms with Crippen LogP contribution in [0.4, 0.5) is 0 Å². The first kappa shape index (κ1) is 22.3. The monoisotopic (exact) mass is 469 g/mol. The van der Waals surface area contributed by atoms with Gasteiger partial charge in [-0.15, -0.1) is 0 Å². The van der Waals surface area contributed by atoms with Crippen molar-refractivity contribution < 1.29 is 0 Å². The second-order valence-corrected chi connectivity index (χ2v) is 15.9. The molecular formula is C26H37Sn. The molecular weight excluding hydrogens is 431 g/mol. The Balaban J connectivity index is 2.25. The fraction of sp³-hybridized carbons (Fsp3) is 0.462. The number of benzene rings is 2. The SMILES string of the molecule is CCC[CH2][Sn]([CH2]CCC)[CH2]C(C=C(c1ccccc1)c1ccccc1)CC. The molecule has 2 aromatic carbocycles. The fourth-order valence-electron chi connectivity index (χ4n) is 3.70. The van der Waals surface area contributed by atoms with Gasteiger partial charge in [-0.05, 0) is 0 Å². The van der Waals surface area contributed by atoms with Crippen LogP contribution in [0, 0.1) is 5.92 Å². The van der Waals surface area contributed by atoms with E-state index in [1.54, 1.807) is 8.87 Å². The van der Waals surface area contributed by atoms with Crippen molar-refractivity contribution in [3.8, 4) is 0 Å². The molecule has 1 heteroatoms. The van der Waals surface area contributed by atoms with Crippen LogP contribution in [0.3, 0.4) is 0 Å². The van der Waals surface area contributed by atoms with Crippen molar-refractivity contribution in [2.45, 2.75) is 66.2 Å². The van der Waals surface area contributed by atoms with Crippen LogP contribution in [-0.4, -0.2) is 19.8 Å². The average Bonchev–Trinajstić information content (AvgIpc) is 2.73. The van der Waals surface area contributed by atoms with E-state index in [0.29, 0.717) is 0 Å². The van der Waals surface area contributed by atoms with E-state index in [2.05, 4.69) is 87.5 Å². The molecule has 0 saturated heterocycles. The van der Waals surface area contributed by atoms with E-state index in [9.17, 15) is 0 Å². The Hall–Kier alpha value is -1.02. The molecule has 0 aromatic heterocycles. The molecule has 0 nitrogen and oxygen atoms in total. The average molecular weight is 468 g/mol. The first-order valence-corrected chi connectivity index (χ1v) is 17.0. The van der Waals surface area contributed by atoms with Gasteiger partial charge >= 0.3 is 175 Å². The molecule has 1 atom stereocenters. The molecule has 2 rings (SSSR count). The fourth-order valence-corrected chi connectivity index (χ4v) is 13.7. The van der Waals surface area contributed by atoms with Gasteiger partial charge in [-0.25, -0.2) is 0 Å². The van der Waals surface area contributed by atoms with Crippen molar-refractivity contribution in [1.29, 1.82) is 0 Å². The van der Waals surface area contributed by atoms with Gasteiger partial charge in [0.2, 0.25) is 0 Å². The topological polar surface area (TPSA) is 0 Å². The molecule has 27 heavy (non-hydrogen) atoms. The summed E-state index contributed by atoms with van der Waals surface area (Å²) in [6, 6.07) is 21.9. The van der Waals surface area contributed by atoms with Crippen molar-refractivity contribution in [2.24, 2.45) is 5.92 Å². The predicted octanol–water partition coefficient (Wildman–Crippen LogP) is 8.24. The number of allylic oxidation sites excluding steroid dienone is 1. The van der Waals surface area contributed by atoms with Gasteiger partial charge < -0.3 is 0 Å². The van der Waals surface area contributed by atoms with Crippen LogP contribution in [0.15, 0.2) is 66.7 Å². The molecule has 0 spiro atoms. The van der Waals surface area contributed by atoms with Crippen molar-refractivity contribution in [1.82, 2.24) is 0 Å². The Bertz CT molecular complexity index is 595. The molecule has 0 saturated carbocycles. The summed E-state index contributed by atoms with van der Waals surface area (Å²) in [4.78, 5) is 0. The molecule has 0 bridgehead atoms. The second-order valence-electron chi connectivity index (χ2n) is 7.64. The minimum absolute atomic E-state index is 0.739. The predicted molar refractivity (Wildman–Crippen MR) is 124 cm³/mol. The third kappa shape index (κ3) is 7.85. The molecule has 2 aromatic rings. The van der Waals surface area contributed by atoms with Gasteiger partial charge in [-0.1, -0.05) is 0 Å². The van der Waals surface area contributed by atoms with Gasteiger partial charge in [-0.2, -0.15) is 0 Å². The summed E-state index contributed by atoms with van der Waals surface area (Å²) in [7, 11) is 0. The molecule has 0 amide bonds. The molecule has 0 aliphatic heterocycles. The van der Waals surface area contributed by atoms with E-state index < -0.39 is 19.8 Å². The van der Waals surface area contributed by atoms with Gasteiger partial charge in [0.05, 0.1) is 0 Å². The number of rotatable bonds is 12. The Labute approximate surface area is 174 Å². The number of hydrogen-bond donors (Lipinski definition) is 0. The molecule has 0 aliphatic carbocycles. The van der Waals surface area contributed by atoms with Crippen LogP contribution in [-0.2, 0) is 0 Å². The van der Waals surface area contributed by atoms with Gasteiger partial charge in [0, 0.05) is 0 Å². The molecule has 1 radical (unpaired) electrons. The number of hydrogen-bond acceptors (Lipinski definition) is 0. The maximum absolute atomic E-state index is 2.61. The van der Waals surface area contributed by atoms with Gasteiger partial charge in [0.15, 0.2) is 0 Å². The number of unbranched alkanes of at least 4 members (excludes halogenated alkanes) is 2. The van der Waals surface area contributed by atoms with Gasteiger partial charge in [0.25, 0.3) is 0 Å². The summed E-state index contributed by atoms with van der Waals surface area (Å²) in [5, 5.41) is 0. The summed E-state index contributed by atoms with van der Waals surface area (Å²) < 4.78 is 4.71. The third-order valence-electron chi connectivity index (χ3n) is 5.41. The van der Waals surface area contributed by atoms with E-state index >= 15 is 0 Å². The van der Waals surface area contributed by atoms with E-state index in [0.717, 1.165) is 5.92 Å². The minimum atomic E-state index is -1.26. The summed E-state index contributed by atoms with van der Waals surface area (Å²) in [6.45, 7) is 7.08. The van der Waals surface area contributed by atoms with Crippen LogP contribution < -0.4 is 0 Å². The second kappa shape index (κ2) is 13.2. The first-order chi connectivity index (χ1) is 13.3. The molecule has 0 fully saturated rings. The standard InChI is InChI=1S/C18H19.2C4H9.Sn/c1-3-15(2)14-18(16-10-6-4-7-11-16)17-12-8-5-9-13-17;2*1-3-4-2;/h4-15H,2-3H2,1H3;2*1,3-4H2,2H3;. The van der Waals surface area contributed by atoms with E-state index in [1.165, 1.54) is 53.2 Å². The van der Waals surface area contributed by atoms with Crippen molar-refractivity contribution in [3.63, 3.8) is 0 Å². The molecule has 0 N–H and O–H groups in total. The molecule has 145 valence electrons. The van der Waals surface area contributed by atoms with E-state index in [-0.39, 0.29) is 0 Å². The molecule has 0 heterocycles. The first-order valence-electron chi connectivity index (χ1n) is 10.9. The van der Waals surface area contributed by atoms with Gasteiger partial charge in [0.1, 0.15) is 0 Å². The Morgan fingerprint density at radius 2 is 1.26 bits per heavy atom. The van der Waals surface area contributed by atoms with Crippen LogP contribution in [0.5, 0.6) is 0 Å². The quantitative estimate of drug-likeness (QED) is 0.275. The summed E-state index contributed by atoms with van der Waals surface area (Å²) in [5.74, 6) is 0.739. The van der Waals surface area contributed by atoms with E-state index in [1.807, 2.05) is 0 Å². The Kier molecular flexibility index (Phi) is 10.9. The van der Waals surface area contributed by atoms with E-state index in [4.69, 9.17) is 0 Å². The Morgan fingerprint density at radius 1 is 0.778 bits per heavy atom. The maximum atomic E-state index is 2.61. The van der Waals surface area contributed by atoms with Crippen molar-refractivity contribution in [2.75, 3.05) is 0 Å².